The van der Waals surface area contributed by atoms with Gasteiger partial charge in [-0.05, 0) is 34.4 Å². The number of nitrogens with zero attached hydrogens (tertiary/aromatic N) is 4. The van der Waals surface area contributed by atoms with Gasteiger partial charge in [0.2, 0.25) is 0 Å². The summed E-state index contributed by atoms with van der Waals surface area (Å²) in [7, 11) is 0. The molecule has 4 heteroatoms. The highest BCUT2D eigenvalue weighted by Crippen LogP contribution is 2.33. The molecule has 0 amide bonds. The van der Waals surface area contributed by atoms with Crippen LogP contribution in [-0.4, -0.2) is 21.4 Å². The summed E-state index contributed by atoms with van der Waals surface area (Å²) in [4.78, 5) is 19.3. The van der Waals surface area contributed by atoms with Crippen molar-refractivity contribution in [2.45, 2.75) is 0 Å². The largest absolute Gasteiger partial charge is 0.264 e. The van der Waals surface area contributed by atoms with Gasteiger partial charge in [0, 0.05) is 47.0 Å². The average Bonchev–Trinajstić information content (AvgIpc) is 3.03. The van der Waals surface area contributed by atoms with Gasteiger partial charge in [-0.1, -0.05) is 109 Å². The van der Waals surface area contributed by atoms with Crippen LogP contribution >= 0.6 is 0 Å². The zero-order chi connectivity index (χ0) is 26.7. The summed E-state index contributed by atoms with van der Waals surface area (Å²) >= 11 is 0. The number of pyridine rings is 2. The molecular weight excluding hydrogens is 488 g/mol. The predicted molar refractivity (Wildman–Crippen MR) is 163 cm³/mol. The van der Waals surface area contributed by atoms with Crippen molar-refractivity contribution >= 4 is 22.8 Å². The van der Waals surface area contributed by atoms with Crippen LogP contribution in [0.1, 0.15) is 22.3 Å². The van der Waals surface area contributed by atoms with Crippen molar-refractivity contribution in [3.05, 3.63) is 168 Å². The van der Waals surface area contributed by atoms with Crippen molar-refractivity contribution in [2.75, 3.05) is 0 Å². The van der Waals surface area contributed by atoms with Crippen LogP contribution in [0.5, 0.6) is 0 Å². The molecular formula is C36H24N4. The van der Waals surface area contributed by atoms with E-state index in [9.17, 15) is 0 Å². The van der Waals surface area contributed by atoms with Crippen molar-refractivity contribution in [3.63, 3.8) is 0 Å². The Morgan fingerprint density at radius 2 is 0.675 bits per heavy atom. The van der Waals surface area contributed by atoms with Crippen molar-refractivity contribution in [2.24, 2.45) is 9.98 Å². The van der Waals surface area contributed by atoms with Crippen LogP contribution in [0.4, 0.5) is 11.4 Å². The van der Waals surface area contributed by atoms with Crippen LogP contribution in [0.3, 0.4) is 0 Å². The molecule has 4 aromatic carbocycles. The minimum absolute atomic E-state index is 0.817. The fourth-order valence-corrected chi connectivity index (χ4v) is 5.04. The van der Waals surface area contributed by atoms with Gasteiger partial charge >= 0.3 is 0 Å². The van der Waals surface area contributed by atoms with Gasteiger partial charge in [-0.25, -0.2) is 9.98 Å². The number of hydrogen-bond acceptors (Lipinski definition) is 4. The van der Waals surface area contributed by atoms with Crippen molar-refractivity contribution in [1.82, 2.24) is 9.97 Å². The summed E-state index contributed by atoms with van der Waals surface area (Å²) in [6.45, 7) is 0. The van der Waals surface area contributed by atoms with Crippen LogP contribution in [0.15, 0.2) is 156 Å². The summed E-state index contributed by atoms with van der Waals surface area (Å²) in [5.41, 5.74) is 11.7. The molecule has 0 radical (unpaired) electrons. The Balaban J connectivity index is 1.34. The van der Waals surface area contributed by atoms with E-state index >= 15 is 0 Å². The van der Waals surface area contributed by atoms with Crippen LogP contribution < -0.4 is 0 Å². The molecule has 0 spiro atoms. The highest BCUT2D eigenvalue weighted by Gasteiger charge is 2.20. The summed E-state index contributed by atoms with van der Waals surface area (Å²) in [6.07, 6.45) is 7.26. The molecule has 0 saturated carbocycles. The zero-order valence-electron chi connectivity index (χ0n) is 21.6. The fourth-order valence-electron chi connectivity index (χ4n) is 5.04. The van der Waals surface area contributed by atoms with E-state index < -0.39 is 0 Å². The first-order valence-electron chi connectivity index (χ1n) is 13.2. The third kappa shape index (κ3) is 4.52. The Bertz CT molecular complexity index is 1710. The first-order chi connectivity index (χ1) is 19.8. The second kappa shape index (κ2) is 10.4. The Morgan fingerprint density at radius 1 is 0.325 bits per heavy atom. The minimum atomic E-state index is 0.817. The molecule has 7 rings (SSSR count). The smallest absolute Gasteiger partial charge is 0.0819 e. The second-order valence-corrected chi connectivity index (χ2v) is 9.59. The van der Waals surface area contributed by atoms with Crippen molar-refractivity contribution in [1.29, 1.82) is 0 Å². The van der Waals surface area contributed by atoms with Gasteiger partial charge in [0.1, 0.15) is 0 Å². The molecule has 0 unspecified atom stereocenters. The molecule has 0 fully saturated rings. The average molecular weight is 513 g/mol. The van der Waals surface area contributed by atoms with E-state index in [4.69, 9.17) is 9.98 Å². The lowest BCUT2D eigenvalue weighted by molar-refractivity contribution is 1.26. The van der Waals surface area contributed by atoms with Crippen LogP contribution in [0.25, 0.3) is 22.3 Å². The molecule has 40 heavy (non-hydrogen) atoms. The highest BCUT2D eigenvalue weighted by molar-refractivity contribution is 6.22. The maximum Gasteiger partial charge on any atom is 0.0819 e. The van der Waals surface area contributed by atoms with E-state index in [2.05, 4.69) is 107 Å². The summed E-state index contributed by atoms with van der Waals surface area (Å²) in [5.74, 6) is 0. The highest BCUT2D eigenvalue weighted by atomic mass is 14.9. The second-order valence-electron chi connectivity index (χ2n) is 9.59. The SMILES string of the molecule is c1ccc(-c2ccc(C3=Nc4ccncc4C(c4ccc(-c5ccccc5)cc4)=Nc4ccncc43)cc2)cc1. The molecule has 0 saturated heterocycles. The van der Waals surface area contributed by atoms with E-state index in [1.165, 1.54) is 11.1 Å². The monoisotopic (exact) mass is 512 g/mol. The van der Waals surface area contributed by atoms with Gasteiger partial charge in [0.15, 0.2) is 0 Å². The third-order valence-corrected chi connectivity index (χ3v) is 7.10. The summed E-state index contributed by atoms with van der Waals surface area (Å²) < 4.78 is 0. The number of aromatic nitrogens is 2. The Morgan fingerprint density at radius 3 is 1.07 bits per heavy atom. The van der Waals surface area contributed by atoms with Crippen LogP contribution in [0.2, 0.25) is 0 Å². The van der Waals surface area contributed by atoms with E-state index in [-0.39, 0.29) is 0 Å². The van der Waals surface area contributed by atoms with E-state index in [1.54, 1.807) is 12.4 Å². The molecule has 0 bridgehead atoms. The maximum atomic E-state index is 5.21. The number of aliphatic imine (C=N–C) groups is 2. The molecule has 188 valence electrons. The zero-order valence-corrected chi connectivity index (χ0v) is 21.6. The van der Waals surface area contributed by atoms with Gasteiger partial charge in [-0.2, -0.15) is 0 Å². The molecule has 1 aliphatic rings. The quantitative estimate of drug-likeness (QED) is 0.237. The van der Waals surface area contributed by atoms with Crippen LogP contribution in [0, 0.1) is 0 Å². The van der Waals surface area contributed by atoms with Gasteiger partial charge in [0.05, 0.1) is 22.8 Å². The molecule has 2 aromatic heterocycles. The van der Waals surface area contributed by atoms with Crippen molar-refractivity contribution in [3.8, 4) is 22.3 Å². The Kier molecular flexibility index (Phi) is 6.11. The van der Waals surface area contributed by atoms with E-state index in [1.807, 2.05) is 36.7 Å². The van der Waals surface area contributed by atoms with Gasteiger partial charge in [0.25, 0.3) is 0 Å². The predicted octanol–water partition coefficient (Wildman–Crippen LogP) is 8.46. The third-order valence-electron chi connectivity index (χ3n) is 7.10. The lowest BCUT2D eigenvalue weighted by Crippen LogP contribution is -2.11. The minimum Gasteiger partial charge on any atom is -0.264 e. The molecule has 0 aliphatic carbocycles. The lowest BCUT2D eigenvalue weighted by atomic mass is 9.95. The number of fused-ring (bicyclic) bond motifs is 2. The first-order valence-corrected chi connectivity index (χ1v) is 13.2. The maximum absolute atomic E-state index is 5.21. The Hall–Kier alpha value is -5.48. The van der Waals surface area contributed by atoms with Gasteiger partial charge in [-0.15, -0.1) is 0 Å². The van der Waals surface area contributed by atoms with Crippen molar-refractivity contribution < 1.29 is 0 Å². The van der Waals surface area contributed by atoms with E-state index in [0.29, 0.717) is 0 Å². The molecule has 4 nitrogen and oxygen atoms in total. The molecule has 0 N–H and O–H groups in total. The number of hydrogen-bond donors (Lipinski definition) is 0. The fraction of sp³-hybridized carbons (Fsp3) is 0. The lowest BCUT2D eigenvalue weighted by Gasteiger charge is -2.17. The summed E-state index contributed by atoms with van der Waals surface area (Å²) in [6, 6.07) is 41.7. The molecule has 1 aliphatic heterocycles. The normalized spacial score (nSPS) is 12.3. The number of rotatable bonds is 4. The summed E-state index contributed by atoms with van der Waals surface area (Å²) in [5, 5.41) is 0. The number of benzene rings is 4. The Labute approximate surface area is 233 Å². The topological polar surface area (TPSA) is 50.5 Å². The molecule has 0 atom stereocenters. The van der Waals surface area contributed by atoms with Gasteiger partial charge < -0.3 is 0 Å². The molecule has 3 heterocycles. The van der Waals surface area contributed by atoms with E-state index in [0.717, 1.165) is 56.2 Å². The van der Waals surface area contributed by atoms with Gasteiger partial charge in [-0.3, -0.25) is 9.97 Å². The van der Waals surface area contributed by atoms with Crippen LogP contribution in [-0.2, 0) is 0 Å². The molecule has 6 aromatic rings. The first kappa shape index (κ1) is 23.6. The standard InChI is InChI=1S/C36H24N4/c1-3-7-25(8-4-1)27-11-15-29(16-12-27)35-31-23-37-21-19-33(31)40-36(32-24-38-22-20-34(32)39-35)30-17-13-28(14-18-30)26-9-5-2-6-10-26/h1-24H.